The molecular formula is C18H32. The quantitative estimate of drug-likeness (QED) is 0.207. The largest absolute Gasteiger partial charge is 0.0885 e. The van der Waals surface area contributed by atoms with Crippen molar-refractivity contribution in [2.75, 3.05) is 0 Å². The molecule has 0 saturated heterocycles. The predicted octanol–water partition coefficient (Wildman–Crippen LogP) is 6.60. The standard InChI is InChI=1S/C18H32/c1-3-5-7-9-11-13-15-17-18-16-14-12-10-8-6-4-2/h5,7,9,11,17-18H,3-4,6,8,10,12-16H2,1-2H3/b7-5+,11-9+,18-17+. The highest BCUT2D eigenvalue weighted by Gasteiger charge is 1.87. The average molecular weight is 248 g/mol. The Morgan fingerprint density at radius 1 is 0.556 bits per heavy atom. The molecule has 0 N–H and O–H groups in total. The summed E-state index contributed by atoms with van der Waals surface area (Å²) in [6.45, 7) is 4.44. The van der Waals surface area contributed by atoms with Crippen molar-refractivity contribution in [1.82, 2.24) is 0 Å². The molecule has 0 aromatic carbocycles. The van der Waals surface area contributed by atoms with Gasteiger partial charge in [0.15, 0.2) is 0 Å². The summed E-state index contributed by atoms with van der Waals surface area (Å²) >= 11 is 0. The van der Waals surface area contributed by atoms with Crippen LogP contribution in [-0.2, 0) is 0 Å². The molecule has 0 atom stereocenters. The first-order valence-corrected chi connectivity index (χ1v) is 7.88. The molecule has 0 unspecified atom stereocenters. The lowest BCUT2D eigenvalue weighted by molar-refractivity contribution is 0.611. The first kappa shape index (κ1) is 17.2. The van der Waals surface area contributed by atoms with Crippen LogP contribution in [-0.4, -0.2) is 0 Å². The van der Waals surface area contributed by atoms with Gasteiger partial charge in [0.25, 0.3) is 0 Å². The van der Waals surface area contributed by atoms with Gasteiger partial charge in [-0.1, -0.05) is 82.4 Å². The Morgan fingerprint density at radius 3 is 1.94 bits per heavy atom. The number of unbranched alkanes of at least 4 members (excludes halogenated alkanes) is 7. The third-order valence-corrected chi connectivity index (χ3v) is 3.01. The van der Waals surface area contributed by atoms with E-state index in [1.165, 1.54) is 57.8 Å². The molecule has 0 nitrogen and oxygen atoms in total. The van der Waals surface area contributed by atoms with Crippen LogP contribution in [0.4, 0.5) is 0 Å². The minimum Gasteiger partial charge on any atom is -0.0885 e. The Hall–Kier alpha value is -0.780. The van der Waals surface area contributed by atoms with Gasteiger partial charge in [-0.2, -0.15) is 0 Å². The Balaban J connectivity index is 3.18. The molecule has 0 aliphatic carbocycles. The Kier molecular flexibility index (Phi) is 15.5. The summed E-state index contributed by atoms with van der Waals surface area (Å²) in [7, 11) is 0. The Morgan fingerprint density at radius 2 is 1.17 bits per heavy atom. The van der Waals surface area contributed by atoms with Crippen molar-refractivity contribution in [2.24, 2.45) is 0 Å². The maximum Gasteiger partial charge on any atom is -0.0313 e. The molecule has 0 amide bonds. The van der Waals surface area contributed by atoms with Gasteiger partial charge in [-0.05, 0) is 32.1 Å². The molecule has 0 spiro atoms. The molecule has 104 valence electrons. The smallest absolute Gasteiger partial charge is 0.0313 e. The molecule has 0 aliphatic rings. The van der Waals surface area contributed by atoms with Gasteiger partial charge in [-0.3, -0.25) is 0 Å². The molecule has 0 aromatic heterocycles. The van der Waals surface area contributed by atoms with E-state index in [1.54, 1.807) is 0 Å². The molecule has 18 heavy (non-hydrogen) atoms. The summed E-state index contributed by atoms with van der Waals surface area (Å²) in [5.74, 6) is 0. The number of hydrogen-bond acceptors (Lipinski definition) is 0. The highest BCUT2D eigenvalue weighted by Crippen LogP contribution is 2.07. The van der Waals surface area contributed by atoms with Gasteiger partial charge in [0.2, 0.25) is 0 Å². The summed E-state index contributed by atoms with van der Waals surface area (Å²) < 4.78 is 0. The fraction of sp³-hybridized carbons (Fsp3) is 0.667. The van der Waals surface area contributed by atoms with E-state index in [0.29, 0.717) is 0 Å². The van der Waals surface area contributed by atoms with Crippen molar-refractivity contribution in [3.8, 4) is 0 Å². The zero-order valence-corrected chi connectivity index (χ0v) is 12.5. The number of hydrogen-bond donors (Lipinski definition) is 0. The van der Waals surface area contributed by atoms with Gasteiger partial charge in [0.05, 0.1) is 0 Å². The summed E-state index contributed by atoms with van der Waals surface area (Å²) in [6.07, 6.45) is 26.6. The van der Waals surface area contributed by atoms with Crippen LogP contribution in [0, 0.1) is 0 Å². The molecule has 0 aromatic rings. The van der Waals surface area contributed by atoms with Crippen LogP contribution < -0.4 is 0 Å². The van der Waals surface area contributed by atoms with Gasteiger partial charge < -0.3 is 0 Å². The van der Waals surface area contributed by atoms with Crippen LogP contribution in [0.3, 0.4) is 0 Å². The van der Waals surface area contributed by atoms with Gasteiger partial charge >= 0.3 is 0 Å². The first-order valence-electron chi connectivity index (χ1n) is 7.88. The van der Waals surface area contributed by atoms with E-state index in [2.05, 4.69) is 50.3 Å². The lowest BCUT2D eigenvalue weighted by atomic mass is 10.1. The first-order chi connectivity index (χ1) is 8.91. The highest BCUT2D eigenvalue weighted by atomic mass is 13.9. The van der Waals surface area contributed by atoms with Crippen molar-refractivity contribution in [3.63, 3.8) is 0 Å². The number of allylic oxidation sites excluding steroid dienone is 6. The second kappa shape index (κ2) is 16.2. The molecule has 0 saturated carbocycles. The lowest BCUT2D eigenvalue weighted by Crippen LogP contribution is -1.77. The monoisotopic (exact) mass is 248 g/mol. The minimum absolute atomic E-state index is 1.13. The topological polar surface area (TPSA) is 0 Å². The maximum absolute atomic E-state index is 2.36. The molecule has 0 heterocycles. The lowest BCUT2D eigenvalue weighted by Gasteiger charge is -1.97. The third-order valence-electron chi connectivity index (χ3n) is 3.01. The second-order valence-corrected chi connectivity index (χ2v) is 4.87. The van der Waals surface area contributed by atoms with Crippen molar-refractivity contribution in [1.29, 1.82) is 0 Å². The van der Waals surface area contributed by atoms with E-state index < -0.39 is 0 Å². The van der Waals surface area contributed by atoms with Gasteiger partial charge in [-0.15, -0.1) is 0 Å². The van der Waals surface area contributed by atoms with E-state index in [0.717, 1.165) is 6.42 Å². The van der Waals surface area contributed by atoms with Crippen LogP contribution >= 0.6 is 0 Å². The van der Waals surface area contributed by atoms with Gasteiger partial charge in [0.1, 0.15) is 0 Å². The number of rotatable bonds is 12. The van der Waals surface area contributed by atoms with Crippen molar-refractivity contribution < 1.29 is 0 Å². The molecule has 0 rings (SSSR count). The van der Waals surface area contributed by atoms with E-state index in [9.17, 15) is 0 Å². The molecule has 0 aliphatic heterocycles. The van der Waals surface area contributed by atoms with E-state index in [-0.39, 0.29) is 0 Å². The summed E-state index contributed by atoms with van der Waals surface area (Å²) in [5, 5.41) is 0. The summed E-state index contributed by atoms with van der Waals surface area (Å²) in [5.41, 5.74) is 0. The minimum atomic E-state index is 1.13. The van der Waals surface area contributed by atoms with Crippen LogP contribution in [0.25, 0.3) is 0 Å². The summed E-state index contributed by atoms with van der Waals surface area (Å²) in [4.78, 5) is 0. The maximum atomic E-state index is 2.36. The fourth-order valence-electron chi connectivity index (χ4n) is 1.86. The Labute approximate surface area is 115 Å². The average Bonchev–Trinajstić information content (AvgIpc) is 2.39. The van der Waals surface area contributed by atoms with E-state index in [4.69, 9.17) is 0 Å². The normalized spacial score (nSPS) is 12.3. The predicted molar refractivity (Wildman–Crippen MR) is 84.9 cm³/mol. The van der Waals surface area contributed by atoms with Crippen molar-refractivity contribution in [2.45, 2.75) is 78.1 Å². The zero-order valence-electron chi connectivity index (χ0n) is 12.5. The molecule has 0 radical (unpaired) electrons. The van der Waals surface area contributed by atoms with Gasteiger partial charge in [-0.25, -0.2) is 0 Å². The van der Waals surface area contributed by atoms with Crippen LogP contribution in [0.15, 0.2) is 36.5 Å². The SMILES string of the molecule is CC/C=C/C=C/CC/C=C/CCCCCCCC. The van der Waals surface area contributed by atoms with E-state index in [1.807, 2.05) is 0 Å². The van der Waals surface area contributed by atoms with Crippen molar-refractivity contribution >= 4 is 0 Å². The second-order valence-electron chi connectivity index (χ2n) is 4.87. The Bertz CT molecular complexity index is 220. The highest BCUT2D eigenvalue weighted by molar-refractivity contribution is 5.02. The van der Waals surface area contributed by atoms with E-state index >= 15 is 0 Å². The van der Waals surface area contributed by atoms with Gasteiger partial charge in [0, 0.05) is 0 Å². The molecular weight excluding hydrogens is 216 g/mol. The molecule has 0 fully saturated rings. The fourth-order valence-corrected chi connectivity index (χ4v) is 1.86. The van der Waals surface area contributed by atoms with Crippen LogP contribution in [0.2, 0.25) is 0 Å². The van der Waals surface area contributed by atoms with Crippen LogP contribution in [0.5, 0.6) is 0 Å². The third kappa shape index (κ3) is 15.2. The molecule has 0 heteroatoms. The molecule has 0 bridgehead atoms. The zero-order chi connectivity index (χ0) is 13.3. The van der Waals surface area contributed by atoms with Crippen LogP contribution in [0.1, 0.15) is 78.1 Å². The van der Waals surface area contributed by atoms with Crippen molar-refractivity contribution in [3.05, 3.63) is 36.5 Å². The summed E-state index contributed by atoms with van der Waals surface area (Å²) in [6, 6.07) is 0.